The third-order valence-electron chi connectivity index (χ3n) is 4.04. The normalized spacial score (nSPS) is 11.3. The summed E-state index contributed by atoms with van der Waals surface area (Å²) >= 11 is 0. The topological polar surface area (TPSA) is 86.5 Å². The van der Waals surface area contributed by atoms with Gasteiger partial charge >= 0.3 is 0 Å². The van der Waals surface area contributed by atoms with Crippen LogP contribution in [-0.4, -0.2) is 10.7 Å². The summed E-state index contributed by atoms with van der Waals surface area (Å²) in [5.74, 6) is 0.910. The van der Waals surface area contributed by atoms with Gasteiger partial charge in [0.05, 0.1) is 4.92 Å². The van der Waals surface area contributed by atoms with E-state index in [1.54, 1.807) is 36.4 Å². The second-order valence-electron chi connectivity index (χ2n) is 5.86. The number of ketones is 1. The number of nitro benzene ring substituents is 1. The molecule has 0 saturated heterocycles. The minimum Gasteiger partial charge on any atom is -0.457 e. The fourth-order valence-corrected chi connectivity index (χ4v) is 2.71. The Morgan fingerprint density at radius 3 is 2.63 bits per heavy atom. The molecule has 4 rings (SSSR count). The van der Waals surface area contributed by atoms with Gasteiger partial charge in [-0.1, -0.05) is 30.3 Å². The smallest absolute Gasteiger partial charge is 0.270 e. The Bertz CT molecular complexity index is 1150. The summed E-state index contributed by atoms with van der Waals surface area (Å²) < 4.78 is 11.2. The SMILES string of the molecule is O=C(/C=C/c1ccc(-c2cccc([N+](=O)[O-])c2)o1)c1cc2ccccc2o1. The largest absolute Gasteiger partial charge is 0.457 e. The number of allylic oxidation sites excluding steroid dienone is 1. The van der Waals surface area contributed by atoms with Gasteiger partial charge in [-0.05, 0) is 36.4 Å². The average Bonchev–Trinajstić information content (AvgIpc) is 3.33. The van der Waals surface area contributed by atoms with Crippen molar-refractivity contribution in [3.8, 4) is 11.3 Å². The van der Waals surface area contributed by atoms with E-state index in [0.29, 0.717) is 22.7 Å². The fraction of sp³-hybridized carbons (Fsp3) is 0. The number of furan rings is 2. The van der Waals surface area contributed by atoms with Crippen LogP contribution in [0.1, 0.15) is 16.3 Å². The minimum atomic E-state index is -0.459. The zero-order valence-corrected chi connectivity index (χ0v) is 14.0. The number of hydrogen-bond acceptors (Lipinski definition) is 5. The van der Waals surface area contributed by atoms with Gasteiger partial charge in [0.2, 0.25) is 5.78 Å². The molecule has 0 atom stereocenters. The van der Waals surface area contributed by atoms with E-state index < -0.39 is 4.92 Å². The maximum atomic E-state index is 12.3. The van der Waals surface area contributed by atoms with E-state index in [1.165, 1.54) is 24.3 Å². The first-order valence-corrected chi connectivity index (χ1v) is 8.16. The molecule has 0 aliphatic carbocycles. The molecule has 0 aliphatic rings. The van der Waals surface area contributed by atoms with Gasteiger partial charge in [0.25, 0.3) is 5.69 Å². The van der Waals surface area contributed by atoms with Crippen molar-refractivity contribution >= 4 is 28.5 Å². The summed E-state index contributed by atoms with van der Waals surface area (Å²) in [5.41, 5.74) is 1.23. The Hall–Kier alpha value is -3.93. The van der Waals surface area contributed by atoms with E-state index in [4.69, 9.17) is 8.83 Å². The van der Waals surface area contributed by atoms with Crippen LogP contribution in [-0.2, 0) is 0 Å². The molecule has 0 N–H and O–H groups in total. The van der Waals surface area contributed by atoms with Gasteiger partial charge in [-0.2, -0.15) is 0 Å². The summed E-state index contributed by atoms with van der Waals surface area (Å²) in [6.45, 7) is 0. The molecule has 0 spiro atoms. The highest BCUT2D eigenvalue weighted by molar-refractivity contribution is 6.06. The van der Waals surface area contributed by atoms with E-state index >= 15 is 0 Å². The lowest BCUT2D eigenvalue weighted by Gasteiger charge is -1.96. The molecule has 0 fully saturated rings. The molecule has 2 aromatic heterocycles. The molecule has 0 aliphatic heterocycles. The van der Waals surface area contributed by atoms with Crippen molar-refractivity contribution in [3.05, 3.63) is 94.4 Å². The van der Waals surface area contributed by atoms with Crippen LogP contribution in [0.5, 0.6) is 0 Å². The Kier molecular flexibility index (Phi) is 4.14. The molecule has 0 amide bonds. The van der Waals surface area contributed by atoms with Gasteiger partial charge in [-0.3, -0.25) is 14.9 Å². The van der Waals surface area contributed by atoms with Crippen LogP contribution < -0.4 is 0 Å². The molecule has 0 unspecified atom stereocenters. The molecule has 6 nitrogen and oxygen atoms in total. The van der Waals surface area contributed by atoms with Crippen molar-refractivity contribution in [1.29, 1.82) is 0 Å². The van der Waals surface area contributed by atoms with Gasteiger partial charge in [0, 0.05) is 23.1 Å². The van der Waals surface area contributed by atoms with Crippen LogP contribution >= 0.6 is 0 Å². The van der Waals surface area contributed by atoms with Gasteiger partial charge < -0.3 is 8.83 Å². The number of rotatable bonds is 5. The average molecular weight is 359 g/mol. The first-order chi connectivity index (χ1) is 13.1. The molecule has 2 heterocycles. The molecule has 0 bridgehead atoms. The second-order valence-corrected chi connectivity index (χ2v) is 5.86. The van der Waals surface area contributed by atoms with E-state index in [1.807, 2.05) is 18.2 Å². The number of carbonyl (C=O) groups excluding carboxylic acids is 1. The number of carbonyl (C=O) groups is 1. The predicted molar refractivity (Wildman–Crippen MR) is 100 cm³/mol. The van der Waals surface area contributed by atoms with E-state index in [2.05, 4.69) is 0 Å². The molecule has 132 valence electrons. The standard InChI is InChI=1S/C21H13NO5/c23-18(21-13-15-4-1-2-7-19(15)27-21)10-8-17-9-11-20(26-17)14-5-3-6-16(12-14)22(24)25/h1-13H/b10-8+. The fourth-order valence-electron chi connectivity index (χ4n) is 2.71. The Morgan fingerprint density at radius 1 is 0.963 bits per heavy atom. The molecule has 27 heavy (non-hydrogen) atoms. The summed E-state index contributed by atoms with van der Waals surface area (Å²) in [4.78, 5) is 22.7. The molecular weight excluding hydrogens is 346 g/mol. The lowest BCUT2D eigenvalue weighted by molar-refractivity contribution is -0.384. The molecular formula is C21H13NO5. The van der Waals surface area contributed by atoms with Crippen molar-refractivity contribution in [2.24, 2.45) is 0 Å². The first-order valence-electron chi connectivity index (χ1n) is 8.16. The third-order valence-corrected chi connectivity index (χ3v) is 4.04. The zero-order chi connectivity index (χ0) is 18.8. The summed E-state index contributed by atoms with van der Waals surface area (Å²) in [5, 5.41) is 11.7. The Balaban J connectivity index is 1.54. The number of non-ortho nitro benzene ring substituents is 1. The second kappa shape index (κ2) is 6.76. The van der Waals surface area contributed by atoms with E-state index in [-0.39, 0.29) is 17.2 Å². The van der Waals surface area contributed by atoms with Crippen LogP contribution in [0.3, 0.4) is 0 Å². The van der Waals surface area contributed by atoms with Gasteiger partial charge in [-0.25, -0.2) is 0 Å². The van der Waals surface area contributed by atoms with E-state index in [0.717, 1.165) is 5.39 Å². The van der Waals surface area contributed by atoms with Crippen LogP contribution in [0.2, 0.25) is 0 Å². The molecule has 0 saturated carbocycles. The highest BCUT2D eigenvalue weighted by Crippen LogP contribution is 2.26. The Labute approximate surface area is 153 Å². The number of benzene rings is 2. The molecule has 2 aromatic carbocycles. The molecule has 6 heteroatoms. The molecule has 0 radical (unpaired) electrons. The van der Waals surface area contributed by atoms with E-state index in [9.17, 15) is 14.9 Å². The van der Waals surface area contributed by atoms with Gasteiger partial charge in [-0.15, -0.1) is 0 Å². The predicted octanol–water partition coefficient (Wildman–Crippen LogP) is 5.50. The number of hydrogen-bond donors (Lipinski definition) is 0. The number of fused-ring (bicyclic) bond motifs is 1. The zero-order valence-electron chi connectivity index (χ0n) is 14.0. The maximum absolute atomic E-state index is 12.3. The summed E-state index contributed by atoms with van der Waals surface area (Å²) in [6.07, 6.45) is 2.91. The lowest BCUT2D eigenvalue weighted by Crippen LogP contribution is -1.89. The number of para-hydroxylation sites is 1. The first kappa shape index (κ1) is 16.5. The maximum Gasteiger partial charge on any atom is 0.270 e. The van der Waals surface area contributed by atoms with Crippen molar-refractivity contribution in [2.75, 3.05) is 0 Å². The van der Waals surface area contributed by atoms with Crippen molar-refractivity contribution in [1.82, 2.24) is 0 Å². The van der Waals surface area contributed by atoms with Crippen molar-refractivity contribution < 1.29 is 18.6 Å². The highest BCUT2D eigenvalue weighted by atomic mass is 16.6. The third kappa shape index (κ3) is 3.41. The minimum absolute atomic E-state index is 0.0129. The number of nitrogens with zero attached hydrogens (tertiary/aromatic N) is 1. The Morgan fingerprint density at radius 2 is 1.81 bits per heavy atom. The van der Waals surface area contributed by atoms with Crippen LogP contribution in [0.15, 0.2) is 81.6 Å². The van der Waals surface area contributed by atoms with Crippen LogP contribution in [0.25, 0.3) is 28.4 Å². The quantitative estimate of drug-likeness (QED) is 0.203. The highest BCUT2D eigenvalue weighted by Gasteiger charge is 2.11. The number of nitro groups is 1. The monoisotopic (exact) mass is 359 g/mol. The summed E-state index contributed by atoms with van der Waals surface area (Å²) in [7, 11) is 0. The van der Waals surface area contributed by atoms with Gasteiger partial charge in [0.1, 0.15) is 17.1 Å². The van der Waals surface area contributed by atoms with Crippen molar-refractivity contribution in [2.45, 2.75) is 0 Å². The van der Waals surface area contributed by atoms with Gasteiger partial charge in [0.15, 0.2) is 5.76 Å². The van der Waals surface area contributed by atoms with Crippen LogP contribution in [0, 0.1) is 10.1 Å². The lowest BCUT2D eigenvalue weighted by atomic mass is 10.1. The van der Waals surface area contributed by atoms with Crippen LogP contribution in [0.4, 0.5) is 5.69 Å². The molecule has 4 aromatic rings. The summed E-state index contributed by atoms with van der Waals surface area (Å²) in [6, 6.07) is 18.6. The van der Waals surface area contributed by atoms with Crippen molar-refractivity contribution in [3.63, 3.8) is 0 Å².